The van der Waals surface area contributed by atoms with E-state index in [9.17, 15) is 4.79 Å². The number of anilines is 1. The minimum absolute atomic E-state index is 0.204. The number of aryl methyl sites for hydroxylation is 1. The number of hydrogen-bond acceptors (Lipinski definition) is 4. The van der Waals surface area contributed by atoms with Gasteiger partial charge in [0.1, 0.15) is 5.82 Å². The van der Waals surface area contributed by atoms with Gasteiger partial charge in [-0.25, -0.2) is 9.97 Å². The van der Waals surface area contributed by atoms with Crippen LogP contribution in [0, 0.1) is 6.92 Å². The van der Waals surface area contributed by atoms with Crippen molar-refractivity contribution >= 4 is 34.5 Å². The number of carbonyl (C=O) groups is 1. The molecule has 0 fully saturated rings. The first-order valence-corrected chi connectivity index (χ1v) is 5.75. The molecule has 2 heterocycles. The Balaban J connectivity index is 2.10. The fourth-order valence-electron chi connectivity index (χ4n) is 1.08. The van der Waals surface area contributed by atoms with E-state index < -0.39 is 0 Å². The fraction of sp³-hybridized carbons (Fsp3) is 0.100. The molecular weight excluding hydrogens is 246 g/mol. The summed E-state index contributed by atoms with van der Waals surface area (Å²) in [6.45, 7) is 1.78. The number of rotatable bonds is 2. The Morgan fingerprint density at radius 3 is 2.69 bits per heavy atom. The predicted molar refractivity (Wildman–Crippen MR) is 64.1 cm³/mol. The average Bonchev–Trinajstić information content (AvgIpc) is 2.68. The van der Waals surface area contributed by atoms with Crippen LogP contribution in [0.1, 0.15) is 15.5 Å². The summed E-state index contributed by atoms with van der Waals surface area (Å²) in [5.41, 5.74) is 0.570. The van der Waals surface area contributed by atoms with E-state index in [1.54, 1.807) is 30.8 Å². The minimum atomic E-state index is -0.204. The van der Waals surface area contributed by atoms with Gasteiger partial charge in [-0.05, 0) is 13.0 Å². The Bertz CT molecular complexity index is 509. The highest BCUT2D eigenvalue weighted by Gasteiger charge is 2.08. The topological polar surface area (TPSA) is 54.9 Å². The molecule has 0 atom stereocenters. The van der Waals surface area contributed by atoms with Crippen molar-refractivity contribution in [3.05, 3.63) is 39.6 Å². The number of halogens is 1. The number of thiophene rings is 1. The normalized spacial score (nSPS) is 10.1. The molecule has 16 heavy (non-hydrogen) atoms. The van der Waals surface area contributed by atoms with Crippen LogP contribution in [0.5, 0.6) is 0 Å². The highest BCUT2D eigenvalue weighted by atomic mass is 35.5. The van der Waals surface area contributed by atoms with Gasteiger partial charge in [0.15, 0.2) is 0 Å². The van der Waals surface area contributed by atoms with Crippen LogP contribution in [0.25, 0.3) is 0 Å². The van der Waals surface area contributed by atoms with Gasteiger partial charge in [-0.2, -0.15) is 0 Å². The summed E-state index contributed by atoms with van der Waals surface area (Å²) in [6, 6.07) is 1.62. The summed E-state index contributed by atoms with van der Waals surface area (Å²) >= 11 is 7.03. The maximum atomic E-state index is 11.7. The Morgan fingerprint density at radius 2 is 2.12 bits per heavy atom. The van der Waals surface area contributed by atoms with E-state index in [2.05, 4.69) is 15.3 Å². The molecule has 0 aromatic carbocycles. The van der Waals surface area contributed by atoms with Crippen molar-refractivity contribution in [1.29, 1.82) is 0 Å². The molecule has 1 amide bonds. The van der Waals surface area contributed by atoms with Crippen LogP contribution in [-0.4, -0.2) is 15.9 Å². The lowest BCUT2D eigenvalue weighted by Crippen LogP contribution is -2.10. The van der Waals surface area contributed by atoms with Crippen LogP contribution < -0.4 is 5.32 Å². The van der Waals surface area contributed by atoms with Crippen LogP contribution >= 0.6 is 22.9 Å². The standard InChI is InChI=1S/C10H8ClN3OS/c1-6-12-3-8(4-13-6)14-10(15)9-2-7(11)5-16-9/h2-5H,1H3,(H,14,15). The van der Waals surface area contributed by atoms with E-state index in [0.29, 0.717) is 21.4 Å². The number of aromatic nitrogens is 2. The first-order chi connectivity index (χ1) is 7.65. The molecule has 82 valence electrons. The summed E-state index contributed by atoms with van der Waals surface area (Å²) < 4.78 is 0. The molecule has 6 heteroatoms. The Labute approximate surface area is 101 Å². The number of nitrogens with zero attached hydrogens (tertiary/aromatic N) is 2. The van der Waals surface area contributed by atoms with Crippen LogP contribution in [0.15, 0.2) is 23.8 Å². The molecule has 0 saturated carbocycles. The first kappa shape index (κ1) is 11.0. The summed E-state index contributed by atoms with van der Waals surface area (Å²) in [6.07, 6.45) is 3.13. The van der Waals surface area contributed by atoms with Crippen LogP contribution in [0.3, 0.4) is 0 Å². The smallest absolute Gasteiger partial charge is 0.265 e. The third-order valence-corrected chi connectivity index (χ3v) is 3.11. The van der Waals surface area contributed by atoms with Gasteiger partial charge in [0.05, 0.1) is 28.0 Å². The van der Waals surface area contributed by atoms with Crippen LogP contribution in [0.2, 0.25) is 5.02 Å². The number of nitrogens with one attached hydrogen (secondary N) is 1. The van der Waals surface area contributed by atoms with E-state index in [4.69, 9.17) is 11.6 Å². The zero-order chi connectivity index (χ0) is 11.5. The molecular formula is C10H8ClN3OS. The van der Waals surface area contributed by atoms with Gasteiger partial charge in [0.25, 0.3) is 5.91 Å². The fourth-order valence-corrected chi connectivity index (χ4v) is 2.05. The lowest BCUT2D eigenvalue weighted by Gasteiger charge is -2.01. The van der Waals surface area contributed by atoms with Gasteiger partial charge >= 0.3 is 0 Å². The molecule has 0 aliphatic heterocycles. The maximum absolute atomic E-state index is 11.7. The van der Waals surface area contributed by atoms with E-state index in [1.807, 2.05) is 0 Å². The second-order valence-corrected chi connectivity index (χ2v) is 4.45. The second kappa shape index (κ2) is 4.59. The monoisotopic (exact) mass is 253 g/mol. The van der Waals surface area contributed by atoms with Crippen molar-refractivity contribution in [2.24, 2.45) is 0 Å². The van der Waals surface area contributed by atoms with Crippen molar-refractivity contribution in [1.82, 2.24) is 9.97 Å². The van der Waals surface area contributed by atoms with Crippen molar-refractivity contribution in [2.75, 3.05) is 5.32 Å². The molecule has 0 saturated heterocycles. The lowest BCUT2D eigenvalue weighted by atomic mass is 10.4. The highest BCUT2D eigenvalue weighted by molar-refractivity contribution is 7.12. The van der Waals surface area contributed by atoms with Crippen LogP contribution in [0.4, 0.5) is 5.69 Å². The molecule has 0 spiro atoms. The Morgan fingerprint density at radius 1 is 1.44 bits per heavy atom. The summed E-state index contributed by atoms with van der Waals surface area (Å²) in [7, 11) is 0. The molecule has 0 radical (unpaired) electrons. The van der Waals surface area contributed by atoms with E-state index >= 15 is 0 Å². The van der Waals surface area contributed by atoms with Gasteiger partial charge < -0.3 is 5.32 Å². The van der Waals surface area contributed by atoms with Gasteiger partial charge in [0.2, 0.25) is 0 Å². The molecule has 0 aliphatic carbocycles. The van der Waals surface area contributed by atoms with Gasteiger partial charge in [-0.1, -0.05) is 11.6 Å². The largest absolute Gasteiger partial charge is 0.319 e. The molecule has 1 N–H and O–H groups in total. The second-order valence-electron chi connectivity index (χ2n) is 3.10. The summed E-state index contributed by atoms with van der Waals surface area (Å²) in [5.74, 6) is 0.460. The van der Waals surface area contributed by atoms with Crippen molar-refractivity contribution in [2.45, 2.75) is 6.92 Å². The van der Waals surface area contributed by atoms with E-state index in [1.165, 1.54) is 11.3 Å². The summed E-state index contributed by atoms with van der Waals surface area (Å²) in [5, 5.41) is 4.96. The quantitative estimate of drug-likeness (QED) is 0.895. The average molecular weight is 254 g/mol. The molecule has 2 rings (SSSR count). The minimum Gasteiger partial charge on any atom is -0.319 e. The third kappa shape index (κ3) is 2.56. The lowest BCUT2D eigenvalue weighted by molar-refractivity contribution is 0.103. The van der Waals surface area contributed by atoms with Crippen molar-refractivity contribution in [3.8, 4) is 0 Å². The van der Waals surface area contributed by atoms with E-state index in [0.717, 1.165) is 0 Å². The predicted octanol–water partition coefficient (Wildman–Crippen LogP) is 2.75. The van der Waals surface area contributed by atoms with E-state index in [-0.39, 0.29) is 5.91 Å². The molecule has 0 aliphatic rings. The maximum Gasteiger partial charge on any atom is 0.265 e. The third-order valence-electron chi connectivity index (χ3n) is 1.83. The molecule has 0 bridgehead atoms. The number of hydrogen-bond donors (Lipinski definition) is 1. The van der Waals surface area contributed by atoms with Gasteiger partial charge in [0, 0.05) is 5.38 Å². The number of amides is 1. The van der Waals surface area contributed by atoms with Crippen molar-refractivity contribution in [3.63, 3.8) is 0 Å². The molecule has 2 aromatic heterocycles. The highest BCUT2D eigenvalue weighted by Crippen LogP contribution is 2.20. The SMILES string of the molecule is Cc1ncc(NC(=O)c2cc(Cl)cs2)cn1. The summed E-state index contributed by atoms with van der Waals surface area (Å²) in [4.78, 5) is 20.2. The van der Waals surface area contributed by atoms with Crippen LogP contribution in [-0.2, 0) is 0 Å². The molecule has 2 aromatic rings. The molecule has 4 nitrogen and oxygen atoms in total. The Hall–Kier alpha value is -1.46. The number of carbonyl (C=O) groups excluding carboxylic acids is 1. The zero-order valence-electron chi connectivity index (χ0n) is 8.40. The molecule has 0 unspecified atom stereocenters. The first-order valence-electron chi connectivity index (χ1n) is 4.49. The van der Waals surface area contributed by atoms with Gasteiger partial charge in [-0.3, -0.25) is 4.79 Å². The van der Waals surface area contributed by atoms with Crippen molar-refractivity contribution < 1.29 is 4.79 Å². The Kier molecular flexibility index (Phi) is 3.17. The van der Waals surface area contributed by atoms with Gasteiger partial charge in [-0.15, -0.1) is 11.3 Å². The zero-order valence-corrected chi connectivity index (χ0v) is 9.97.